The van der Waals surface area contributed by atoms with Crippen LogP contribution < -0.4 is 10.2 Å². The second-order valence-corrected chi connectivity index (χ2v) is 8.83. The third kappa shape index (κ3) is 3.93. The minimum absolute atomic E-state index is 0.0111. The minimum Gasteiger partial charge on any atom is -0.375 e. The summed E-state index contributed by atoms with van der Waals surface area (Å²) < 4.78 is 13.7. The van der Waals surface area contributed by atoms with Crippen LogP contribution in [0.15, 0.2) is 88.7 Å². The van der Waals surface area contributed by atoms with Gasteiger partial charge in [0, 0.05) is 24.5 Å². The van der Waals surface area contributed by atoms with Crippen LogP contribution in [0.1, 0.15) is 24.8 Å². The third-order valence-electron chi connectivity index (χ3n) is 6.13. The zero-order chi connectivity index (χ0) is 22.4. The van der Waals surface area contributed by atoms with Crippen LogP contribution in [0.5, 0.6) is 0 Å². The van der Waals surface area contributed by atoms with Gasteiger partial charge in [-0.3, -0.25) is 9.98 Å². The Morgan fingerprint density at radius 1 is 1.06 bits per heavy atom. The summed E-state index contributed by atoms with van der Waals surface area (Å²) in [6, 6.07) is 17.2. The summed E-state index contributed by atoms with van der Waals surface area (Å²) in [7, 11) is 0. The van der Waals surface area contributed by atoms with Crippen LogP contribution in [0.3, 0.4) is 0 Å². The number of hydrogen-bond donors (Lipinski definition) is 1. The molecular formula is C27H24FN5. The fourth-order valence-corrected chi connectivity index (χ4v) is 4.42. The largest absolute Gasteiger partial charge is 0.375 e. The average Bonchev–Trinajstić information content (AvgIpc) is 3.63. The number of aliphatic imine (C=N–C) groups is 2. The van der Waals surface area contributed by atoms with Crippen LogP contribution in [-0.4, -0.2) is 28.5 Å². The molecule has 3 aliphatic rings. The zero-order valence-corrected chi connectivity index (χ0v) is 18.4. The van der Waals surface area contributed by atoms with Gasteiger partial charge >= 0.3 is 0 Å². The fourth-order valence-electron chi connectivity index (χ4n) is 4.42. The summed E-state index contributed by atoms with van der Waals surface area (Å²) in [5.74, 6) is -0.248. The first-order valence-electron chi connectivity index (χ1n) is 11.3. The highest BCUT2D eigenvalue weighted by Gasteiger charge is 2.34. The van der Waals surface area contributed by atoms with Gasteiger partial charge in [0.1, 0.15) is 5.82 Å². The lowest BCUT2D eigenvalue weighted by atomic mass is 9.91. The highest BCUT2D eigenvalue weighted by molar-refractivity contribution is 6.20. The number of nitrogens with one attached hydrogen (secondary N) is 1. The molecule has 2 heterocycles. The molecule has 2 aromatic carbocycles. The normalized spacial score (nSPS) is 20.6. The number of pyridine rings is 1. The number of fused-ring (bicyclic) bond motifs is 2. The highest BCUT2D eigenvalue weighted by Crippen LogP contribution is 2.43. The summed E-state index contributed by atoms with van der Waals surface area (Å²) in [6.45, 7) is 2.04. The molecule has 0 bridgehead atoms. The molecule has 1 N–H and O–H groups in total. The molecule has 33 heavy (non-hydrogen) atoms. The first-order valence-corrected chi connectivity index (χ1v) is 11.3. The van der Waals surface area contributed by atoms with Crippen LogP contribution in [0.25, 0.3) is 0 Å². The lowest BCUT2D eigenvalue weighted by Crippen LogP contribution is -2.40. The van der Waals surface area contributed by atoms with Gasteiger partial charge in [-0.1, -0.05) is 12.1 Å². The molecular weight excluding hydrogens is 413 g/mol. The van der Waals surface area contributed by atoms with Gasteiger partial charge < -0.3 is 10.2 Å². The van der Waals surface area contributed by atoms with Gasteiger partial charge in [-0.25, -0.2) is 9.38 Å². The SMILES string of the molecule is Cc1cncc(NC2CC3=Nc4ccccc4N(c4ccc(F)cc4)C3=CC2=NC2CC2)c1. The molecule has 164 valence electrons. The molecule has 1 saturated carbocycles. The Morgan fingerprint density at radius 2 is 1.88 bits per heavy atom. The van der Waals surface area contributed by atoms with E-state index in [2.05, 4.69) is 33.4 Å². The number of para-hydroxylation sites is 2. The van der Waals surface area contributed by atoms with E-state index in [9.17, 15) is 4.39 Å². The van der Waals surface area contributed by atoms with Crippen molar-refractivity contribution in [2.75, 3.05) is 10.2 Å². The van der Waals surface area contributed by atoms with E-state index in [4.69, 9.17) is 9.98 Å². The van der Waals surface area contributed by atoms with E-state index in [0.29, 0.717) is 12.5 Å². The molecule has 3 aromatic rings. The van der Waals surface area contributed by atoms with E-state index in [1.165, 1.54) is 12.1 Å². The lowest BCUT2D eigenvalue weighted by Gasteiger charge is -2.37. The number of hydrogen-bond acceptors (Lipinski definition) is 5. The molecule has 2 aliphatic carbocycles. The molecule has 1 atom stereocenters. The third-order valence-corrected chi connectivity index (χ3v) is 6.13. The highest BCUT2D eigenvalue weighted by atomic mass is 19.1. The van der Waals surface area contributed by atoms with Crippen LogP contribution >= 0.6 is 0 Å². The topological polar surface area (TPSA) is 52.9 Å². The Morgan fingerprint density at radius 3 is 2.67 bits per heavy atom. The Hall–Kier alpha value is -3.80. The molecule has 1 aliphatic heterocycles. The van der Waals surface area contributed by atoms with Gasteiger partial charge in [0.2, 0.25) is 0 Å². The van der Waals surface area contributed by atoms with E-state index in [-0.39, 0.29) is 11.9 Å². The molecule has 5 nitrogen and oxygen atoms in total. The molecule has 6 heteroatoms. The van der Waals surface area contributed by atoms with Gasteiger partial charge in [-0.15, -0.1) is 0 Å². The maximum absolute atomic E-state index is 13.7. The number of aromatic nitrogens is 1. The summed E-state index contributed by atoms with van der Waals surface area (Å²) in [6.07, 6.45) is 8.83. The number of rotatable bonds is 4. The molecule has 0 spiro atoms. The van der Waals surface area contributed by atoms with Crippen molar-refractivity contribution in [1.29, 1.82) is 0 Å². The Balaban J connectivity index is 1.46. The minimum atomic E-state index is -0.248. The molecule has 0 saturated heterocycles. The van der Waals surface area contributed by atoms with Crippen LogP contribution in [-0.2, 0) is 0 Å². The monoisotopic (exact) mass is 437 g/mol. The number of benzene rings is 2. The Bertz CT molecular complexity index is 1300. The molecule has 1 aromatic heterocycles. The predicted molar refractivity (Wildman–Crippen MR) is 132 cm³/mol. The van der Waals surface area contributed by atoms with Gasteiger partial charge in [0.15, 0.2) is 0 Å². The summed E-state index contributed by atoms with van der Waals surface area (Å²) in [5.41, 5.74) is 7.91. The summed E-state index contributed by atoms with van der Waals surface area (Å²) in [5, 5.41) is 3.64. The van der Waals surface area contributed by atoms with Crippen molar-refractivity contribution >= 4 is 34.2 Å². The lowest BCUT2D eigenvalue weighted by molar-refractivity contribution is 0.628. The molecule has 6 rings (SSSR count). The van der Waals surface area contributed by atoms with Crippen LogP contribution in [0.4, 0.5) is 27.1 Å². The molecule has 1 fully saturated rings. The van der Waals surface area contributed by atoms with E-state index < -0.39 is 0 Å². The first-order chi connectivity index (χ1) is 16.1. The smallest absolute Gasteiger partial charge is 0.123 e. The van der Waals surface area contributed by atoms with Gasteiger partial charge in [-0.05, 0) is 73.9 Å². The van der Waals surface area contributed by atoms with Crippen molar-refractivity contribution in [1.82, 2.24) is 4.98 Å². The Labute approximate surface area is 192 Å². The van der Waals surface area contributed by atoms with Crippen molar-refractivity contribution in [2.24, 2.45) is 9.98 Å². The van der Waals surface area contributed by atoms with Crippen molar-refractivity contribution < 1.29 is 4.39 Å². The molecule has 1 unspecified atom stereocenters. The zero-order valence-electron chi connectivity index (χ0n) is 18.4. The van der Waals surface area contributed by atoms with Crippen molar-refractivity contribution in [3.05, 3.63) is 90.1 Å². The summed E-state index contributed by atoms with van der Waals surface area (Å²) in [4.78, 5) is 16.6. The van der Waals surface area contributed by atoms with E-state index in [0.717, 1.165) is 58.3 Å². The summed E-state index contributed by atoms with van der Waals surface area (Å²) >= 11 is 0. The van der Waals surface area contributed by atoms with E-state index in [1.807, 2.05) is 49.6 Å². The maximum Gasteiger partial charge on any atom is 0.123 e. The number of aryl methyl sites for hydroxylation is 1. The molecule has 0 amide bonds. The average molecular weight is 438 g/mol. The quantitative estimate of drug-likeness (QED) is 0.535. The maximum atomic E-state index is 13.7. The second-order valence-electron chi connectivity index (χ2n) is 8.83. The first kappa shape index (κ1) is 19.9. The van der Waals surface area contributed by atoms with Crippen LogP contribution in [0, 0.1) is 12.7 Å². The van der Waals surface area contributed by atoms with Crippen molar-refractivity contribution in [2.45, 2.75) is 38.3 Å². The van der Waals surface area contributed by atoms with E-state index >= 15 is 0 Å². The van der Waals surface area contributed by atoms with Gasteiger partial charge in [0.05, 0.1) is 46.3 Å². The standard InChI is InChI=1S/C27H24FN5/c1-17-12-20(16-29-15-17)31-23-13-25-27(14-24(23)30-19-8-9-19)33(21-10-6-18(28)7-11-21)26-5-3-2-4-22(26)32-25/h2-7,10-12,14-16,19,23,31H,8-9,13H2,1H3. The van der Waals surface area contributed by atoms with E-state index in [1.54, 1.807) is 0 Å². The van der Waals surface area contributed by atoms with Gasteiger partial charge in [-0.2, -0.15) is 0 Å². The number of halogens is 1. The molecule has 0 radical (unpaired) electrons. The predicted octanol–water partition coefficient (Wildman–Crippen LogP) is 6.13. The van der Waals surface area contributed by atoms with Gasteiger partial charge in [0.25, 0.3) is 0 Å². The second kappa shape index (κ2) is 7.96. The number of anilines is 3. The number of allylic oxidation sites excluding steroid dienone is 1. The Kier molecular flexibility index (Phi) is 4.79. The van der Waals surface area contributed by atoms with Crippen molar-refractivity contribution in [3.63, 3.8) is 0 Å². The number of nitrogens with zero attached hydrogens (tertiary/aromatic N) is 4. The van der Waals surface area contributed by atoms with Crippen LogP contribution in [0.2, 0.25) is 0 Å². The van der Waals surface area contributed by atoms with Crippen molar-refractivity contribution in [3.8, 4) is 0 Å². The fraction of sp³-hybridized carbons (Fsp3) is 0.222.